The van der Waals surface area contributed by atoms with Gasteiger partial charge in [0.05, 0.1) is 10.0 Å². The second-order valence-electron chi connectivity index (χ2n) is 4.85. The first-order chi connectivity index (χ1) is 9.54. The summed E-state index contributed by atoms with van der Waals surface area (Å²) in [6.07, 6.45) is 7.35. The van der Waals surface area contributed by atoms with Gasteiger partial charge in [-0.3, -0.25) is 4.79 Å². The van der Waals surface area contributed by atoms with Gasteiger partial charge in [0, 0.05) is 12.1 Å². The van der Waals surface area contributed by atoms with Crippen molar-refractivity contribution in [2.45, 2.75) is 51.9 Å². The van der Waals surface area contributed by atoms with Crippen LogP contribution in [0.1, 0.15) is 51.9 Å². The molecule has 0 aliphatic heterocycles. The molecule has 0 heterocycles. The highest BCUT2D eigenvalue weighted by atomic mass is 35.5. The lowest BCUT2D eigenvalue weighted by molar-refractivity contribution is -0.116. The van der Waals surface area contributed by atoms with Crippen molar-refractivity contribution < 1.29 is 9.90 Å². The molecule has 20 heavy (non-hydrogen) atoms. The van der Waals surface area contributed by atoms with Gasteiger partial charge in [0.1, 0.15) is 0 Å². The van der Waals surface area contributed by atoms with Gasteiger partial charge in [-0.1, -0.05) is 62.2 Å². The zero-order valence-corrected chi connectivity index (χ0v) is 13.2. The van der Waals surface area contributed by atoms with E-state index in [9.17, 15) is 9.90 Å². The Kier molecular flexibility index (Phi) is 7.78. The van der Waals surface area contributed by atoms with Crippen molar-refractivity contribution >= 4 is 34.8 Å². The van der Waals surface area contributed by atoms with Crippen molar-refractivity contribution in [2.75, 3.05) is 5.32 Å². The molecule has 5 heteroatoms. The summed E-state index contributed by atoms with van der Waals surface area (Å²) in [7, 11) is 0. The summed E-state index contributed by atoms with van der Waals surface area (Å²) < 4.78 is 0. The van der Waals surface area contributed by atoms with Gasteiger partial charge in [-0.2, -0.15) is 0 Å². The van der Waals surface area contributed by atoms with Gasteiger partial charge in [-0.15, -0.1) is 0 Å². The molecule has 0 atom stereocenters. The average Bonchev–Trinajstić information content (AvgIpc) is 2.40. The summed E-state index contributed by atoms with van der Waals surface area (Å²) in [5.41, 5.74) is 0.508. The summed E-state index contributed by atoms with van der Waals surface area (Å²) in [6, 6.07) is 2.98. The number of amides is 1. The molecular weight excluding hydrogens is 297 g/mol. The van der Waals surface area contributed by atoms with Crippen LogP contribution in [0.5, 0.6) is 5.75 Å². The largest absolute Gasteiger partial charge is 0.505 e. The van der Waals surface area contributed by atoms with Crippen LogP contribution in [0, 0.1) is 0 Å². The third-order valence-corrected chi connectivity index (χ3v) is 3.63. The summed E-state index contributed by atoms with van der Waals surface area (Å²) in [4.78, 5) is 11.7. The molecule has 0 saturated carbocycles. The number of carbonyl (C=O) groups excluding carboxylic acids is 1. The van der Waals surface area contributed by atoms with Crippen LogP contribution in [0.15, 0.2) is 12.1 Å². The number of phenolic OH excluding ortho intramolecular Hbond substituents is 1. The Morgan fingerprint density at radius 1 is 1.10 bits per heavy atom. The number of rotatable bonds is 8. The minimum absolute atomic E-state index is 0.0571. The molecule has 2 N–H and O–H groups in total. The average molecular weight is 318 g/mol. The van der Waals surface area contributed by atoms with Gasteiger partial charge in [0.2, 0.25) is 5.91 Å². The van der Waals surface area contributed by atoms with E-state index in [2.05, 4.69) is 12.2 Å². The van der Waals surface area contributed by atoms with Gasteiger partial charge in [0.15, 0.2) is 5.75 Å². The van der Waals surface area contributed by atoms with Crippen LogP contribution in [0.2, 0.25) is 10.0 Å². The van der Waals surface area contributed by atoms with Gasteiger partial charge in [0.25, 0.3) is 0 Å². The van der Waals surface area contributed by atoms with E-state index in [0.717, 1.165) is 12.8 Å². The molecule has 1 aromatic carbocycles. The van der Waals surface area contributed by atoms with E-state index in [1.54, 1.807) is 0 Å². The zero-order valence-electron chi connectivity index (χ0n) is 11.7. The van der Waals surface area contributed by atoms with Crippen LogP contribution < -0.4 is 5.32 Å². The zero-order chi connectivity index (χ0) is 15.0. The van der Waals surface area contributed by atoms with E-state index in [1.165, 1.54) is 37.8 Å². The molecule has 112 valence electrons. The quantitative estimate of drug-likeness (QED) is 0.499. The van der Waals surface area contributed by atoms with E-state index in [-0.39, 0.29) is 21.7 Å². The normalized spacial score (nSPS) is 10.6. The molecule has 0 fully saturated rings. The van der Waals surface area contributed by atoms with Gasteiger partial charge >= 0.3 is 0 Å². The fourth-order valence-corrected chi connectivity index (χ4v) is 2.41. The molecule has 0 aliphatic carbocycles. The molecule has 0 aliphatic rings. The molecule has 0 radical (unpaired) electrons. The fourth-order valence-electron chi connectivity index (χ4n) is 1.93. The number of unbranched alkanes of at least 4 members (excludes halogenated alkanes) is 5. The fraction of sp³-hybridized carbons (Fsp3) is 0.533. The van der Waals surface area contributed by atoms with Crippen LogP contribution in [0.4, 0.5) is 5.69 Å². The molecule has 0 bridgehead atoms. The lowest BCUT2D eigenvalue weighted by atomic mass is 10.1. The molecule has 0 unspecified atom stereocenters. The van der Waals surface area contributed by atoms with Crippen molar-refractivity contribution in [3.63, 3.8) is 0 Å². The number of hydrogen-bond donors (Lipinski definition) is 2. The van der Waals surface area contributed by atoms with E-state index < -0.39 is 0 Å². The molecule has 1 amide bonds. The van der Waals surface area contributed by atoms with Crippen LogP contribution in [0.25, 0.3) is 0 Å². The van der Waals surface area contributed by atoms with Crippen LogP contribution >= 0.6 is 23.2 Å². The van der Waals surface area contributed by atoms with E-state index in [4.69, 9.17) is 23.2 Å². The standard InChI is InChI=1S/C15H21Cl2NO2/c1-2-3-4-5-6-7-8-14(19)18-11-9-12(16)15(20)13(17)10-11/h9-10,20H,2-8H2,1H3,(H,18,19). The third kappa shape index (κ3) is 6.02. The Morgan fingerprint density at radius 2 is 1.65 bits per heavy atom. The maximum Gasteiger partial charge on any atom is 0.224 e. The Bertz CT molecular complexity index is 426. The Balaban J connectivity index is 2.32. The Hall–Kier alpha value is -0.930. The van der Waals surface area contributed by atoms with Crippen molar-refractivity contribution in [2.24, 2.45) is 0 Å². The molecule has 3 nitrogen and oxygen atoms in total. The minimum Gasteiger partial charge on any atom is -0.505 e. The highest BCUT2D eigenvalue weighted by Gasteiger charge is 2.08. The lowest BCUT2D eigenvalue weighted by Gasteiger charge is -2.08. The summed E-state index contributed by atoms with van der Waals surface area (Å²) >= 11 is 11.6. The Morgan fingerprint density at radius 3 is 2.25 bits per heavy atom. The number of halogens is 2. The summed E-state index contributed by atoms with van der Waals surface area (Å²) in [6.45, 7) is 2.18. The molecule has 1 rings (SSSR count). The number of nitrogens with one attached hydrogen (secondary N) is 1. The molecular formula is C15H21Cl2NO2. The first-order valence-electron chi connectivity index (χ1n) is 7.02. The number of anilines is 1. The highest BCUT2D eigenvalue weighted by Crippen LogP contribution is 2.34. The Labute approximate surface area is 130 Å². The van der Waals surface area contributed by atoms with Crippen LogP contribution in [0.3, 0.4) is 0 Å². The minimum atomic E-state index is -0.165. The lowest BCUT2D eigenvalue weighted by Crippen LogP contribution is -2.11. The van der Waals surface area contributed by atoms with Crippen molar-refractivity contribution in [3.05, 3.63) is 22.2 Å². The number of phenols is 1. The molecule has 0 saturated heterocycles. The van der Waals surface area contributed by atoms with Gasteiger partial charge in [-0.25, -0.2) is 0 Å². The maximum atomic E-state index is 11.7. The van der Waals surface area contributed by atoms with E-state index >= 15 is 0 Å². The molecule has 0 spiro atoms. The number of aromatic hydroxyl groups is 1. The number of carbonyl (C=O) groups is 1. The SMILES string of the molecule is CCCCCCCCC(=O)Nc1cc(Cl)c(O)c(Cl)c1. The monoisotopic (exact) mass is 317 g/mol. The third-order valence-electron chi connectivity index (χ3n) is 3.06. The number of hydrogen-bond acceptors (Lipinski definition) is 2. The summed E-state index contributed by atoms with van der Waals surface area (Å²) in [5.74, 6) is -0.222. The van der Waals surface area contributed by atoms with E-state index in [1.807, 2.05) is 0 Å². The summed E-state index contributed by atoms with van der Waals surface area (Å²) in [5, 5.41) is 12.4. The number of benzene rings is 1. The van der Waals surface area contributed by atoms with Gasteiger partial charge < -0.3 is 10.4 Å². The first kappa shape index (κ1) is 17.1. The van der Waals surface area contributed by atoms with Crippen LogP contribution in [-0.4, -0.2) is 11.0 Å². The predicted molar refractivity (Wildman–Crippen MR) is 84.7 cm³/mol. The van der Waals surface area contributed by atoms with Crippen molar-refractivity contribution in [1.82, 2.24) is 0 Å². The second kappa shape index (κ2) is 9.09. The smallest absolute Gasteiger partial charge is 0.224 e. The first-order valence-corrected chi connectivity index (χ1v) is 7.78. The second-order valence-corrected chi connectivity index (χ2v) is 5.67. The van der Waals surface area contributed by atoms with Crippen LogP contribution in [-0.2, 0) is 4.79 Å². The molecule has 1 aromatic rings. The van der Waals surface area contributed by atoms with Crippen molar-refractivity contribution in [3.8, 4) is 5.75 Å². The predicted octanol–water partition coefficient (Wildman–Crippen LogP) is 5.39. The highest BCUT2D eigenvalue weighted by molar-refractivity contribution is 6.37. The van der Waals surface area contributed by atoms with Crippen molar-refractivity contribution in [1.29, 1.82) is 0 Å². The maximum absolute atomic E-state index is 11.7. The topological polar surface area (TPSA) is 49.3 Å². The van der Waals surface area contributed by atoms with Gasteiger partial charge in [-0.05, 0) is 18.6 Å². The molecule has 0 aromatic heterocycles. The van der Waals surface area contributed by atoms with E-state index in [0.29, 0.717) is 12.1 Å².